The number of amides is 1. The van der Waals surface area contributed by atoms with E-state index in [-0.39, 0.29) is 18.9 Å². The van der Waals surface area contributed by atoms with Crippen LogP contribution in [-0.4, -0.2) is 140 Å². The average Bonchev–Trinajstić information content (AvgIpc) is 3.38. The Bertz CT molecular complexity index is 1300. The van der Waals surface area contributed by atoms with E-state index in [2.05, 4.69) is 31.3 Å². The molecule has 2 aliphatic heterocycles. The van der Waals surface area contributed by atoms with Crippen molar-refractivity contribution >= 4 is 5.91 Å². The van der Waals surface area contributed by atoms with E-state index in [1.807, 2.05) is 6.08 Å². The molecule has 0 aliphatic carbocycles. The Labute approximate surface area is 437 Å². The zero-order valence-corrected chi connectivity index (χ0v) is 45.4. The summed E-state index contributed by atoms with van der Waals surface area (Å²) in [5.74, 6) is -0.250. The van der Waals surface area contributed by atoms with Gasteiger partial charge >= 0.3 is 0 Å². The third-order valence-corrected chi connectivity index (χ3v) is 14.6. The first-order chi connectivity index (χ1) is 35.1. The summed E-state index contributed by atoms with van der Waals surface area (Å²) in [6.45, 7) is 2.77. The van der Waals surface area contributed by atoms with Crippen molar-refractivity contribution in [2.75, 3.05) is 19.8 Å². The number of aliphatic hydroxyl groups excluding tert-OH is 8. The maximum Gasteiger partial charge on any atom is 0.220 e. The minimum Gasteiger partial charge on any atom is -0.394 e. The molecule has 0 saturated carbocycles. The lowest BCUT2D eigenvalue weighted by atomic mass is 9.97. The highest BCUT2D eigenvalue weighted by Gasteiger charge is 2.51. The SMILES string of the molecule is CCCCCCCCCCCCCCCCCCCCCCCC/C=C/CC/C=C/C(O)C(COC1OC(CO)C(OC2OC(CO)C(O)C(O)C2O)C(O)C1O)NC(=O)CCCCCCCCCCCC. The second kappa shape index (κ2) is 44.6. The number of carbonyl (C=O) groups is 1. The van der Waals surface area contributed by atoms with Crippen molar-refractivity contribution in [3.63, 3.8) is 0 Å². The summed E-state index contributed by atoms with van der Waals surface area (Å²) in [5.41, 5.74) is 0. The van der Waals surface area contributed by atoms with Gasteiger partial charge in [-0.1, -0.05) is 231 Å². The van der Waals surface area contributed by atoms with Gasteiger partial charge in [0.1, 0.15) is 48.8 Å². The van der Waals surface area contributed by atoms with Gasteiger partial charge in [-0.05, 0) is 32.1 Å². The van der Waals surface area contributed by atoms with Crippen molar-refractivity contribution in [1.29, 1.82) is 0 Å². The number of hydrogen-bond acceptors (Lipinski definition) is 13. The summed E-state index contributed by atoms with van der Waals surface area (Å²) in [6.07, 6.45) is 35.4. The lowest BCUT2D eigenvalue weighted by Gasteiger charge is -2.46. The van der Waals surface area contributed by atoms with Crippen LogP contribution in [0.5, 0.6) is 0 Å². The van der Waals surface area contributed by atoms with E-state index < -0.39 is 86.8 Å². The van der Waals surface area contributed by atoms with Gasteiger partial charge in [-0.3, -0.25) is 4.79 Å². The summed E-state index contributed by atoms with van der Waals surface area (Å²) in [6, 6.07) is -0.926. The fraction of sp³-hybridized carbons (Fsp3) is 0.914. The molecule has 2 fully saturated rings. The molecule has 2 rings (SSSR count). The van der Waals surface area contributed by atoms with Gasteiger partial charge in [-0.25, -0.2) is 0 Å². The van der Waals surface area contributed by atoms with E-state index in [1.165, 1.54) is 180 Å². The van der Waals surface area contributed by atoms with Crippen LogP contribution in [0.3, 0.4) is 0 Å². The smallest absolute Gasteiger partial charge is 0.220 e. The van der Waals surface area contributed by atoms with Crippen molar-refractivity contribution < 1.29 is 64.6 Å². The zero-order valence-electron chi connectivity index (χ0n) is 45.4. The highest BCUT2D eigenvalue weighted by molar-refractivity contribution is 5.76. The van der Waals surface area contributed by atoms with Gasteiger partial charge in [0.25, 0.3) is 0 Å². The number of nitrogens with one attached hydrogen (secondary N) is 1. The number of unbranched alkanes of at least 4 members (excludes halogenated alkanes) is 32. The minimum atomic E-state index is -1.79. The van der Waals surface area contributed by atoms with Gasteiger partial charge in [0.05, 0.1) is 32.0 Å². The lowest BCUT2D eigenvalue weighted by Crippen LogP contribution is -2.65. The van der Waals surface area contributed by atoms with Crippen molar-refractivity contribution in [2.24, 2.45) is 0 Å². The van der Waals surface area contributed by atoms with E-state index in [1.54, 1.807) is 6.08 Å². The summed E-state index contributed by atoms with van der Waals surface area (Å²) in [7, 11) is 0. The zero-order chi connectivity index (χ0) is 52.4. The van der Waals surface area contributed by atoms with Crippen LogP contribution in [-0.2, 0) is 23.7 Å². The molecule has 9 N–H and O–H groups in total. The Morgan fingerprint density at radius 3 is 1.36 bits per heavy atom. The number of carbonyl (C=O) groups excluding carboxylic acids is 1. The standard InChI is InChI=1S/C58H109NO13/c1-3-5-7-9-11-13-15-16-17-18-19-20-21-22-23-24-25-26-27-28-29-30-31-32-33-35-37-39-41-47(62)46(59-50(63)42-40-38-36-34-14-12-10-8-6-4-2)45-69-57-55(68)53(66)56(49(44-61)71-57)72-58-54(67)52(65)51(64)48(43-60)70-58/h32-33,39,41,46-49,51-58,60-62,64-68H,3-31,34-38,40,42-45H2,1-2H3,(H,59,63)/b33-32+,41-39+. The van der Waals surface area contributed by atoms with Gasteiger partial charge in [-0.2, -0.15) is 0 Å². The van der Waals surface area contributed by atoms with Crippen LogP contribution in [0.25, 0.3) is 0 Å². The average molecular weight is 1030 g/mol. The molecule has 12 unspecified atom stereocenters. The minimum absolute atomic E-state index is 0.250. The number of allylic oxidation sites excluding steroid dienone is 3. The van der Waals surface area contributed by atoms with Crippen LogP contribution in [0.2, 0.25) is 0 Å². The van der Waals surface area contributed by atoms with Gasteiger partial charge in [0, 0.05) is 6.42 Å². The first-order valence-corrected chi connectivity index (χ1v) is 29.6. The molecule has 2 saturated heterocycles. The Kier molecular flexibility index (Phi) is 41.2. The Hall–Kier alpha value is -1.53. The fourth-order valence-electron chi connectivity index (χ4n) is 9.84. The van der Waals surface area contributed by atoms with E-state index in [0.29, 0.717) is 12.8 Å². The number of rotatable bonds is 47. The maximum atomic E-state index is 13.1. The third-order valence-electron chi connectivity index (χ3n) is 14.6. The van der Waals surface area contributed by atoms with Gasteiger partial charge < -0.3 is 65.1 Å². The summed E-state index contributed by atoms with van der Waals surface area (Å²) in [4.78, 5) is 13.1. The molecule has 1 amide bonds. The van der Waals surface area contributed by atoms with Crippen LogP contribution in [0.4, 0.5) is 0 Å². The topological polar surface area (TPSA) is 228 Å². The molecule has 2 aliphatic rings. The molecular formula is C58H109NO13. The van der Waals surface area contributed by atoms with Crippen molar-refractivity contribution in [1.82, 2.24) is 5.32 Å². The predicted molar refractivity (Wildman–Crippen MR) is 286 cm³/mol. The van der Waals surface area contributed by atoms with Crippen LogP contribution in [0.1, 0.15) is 245 Å². The van der Waals surface area contributed by atoms with Gasteiger partial charge in [0.2, 0.25) is 5.91 Å². The molecule has 0 radical (unpaired) electrons. The number of hydrogen-bond donors (Lipinski definition) is 9. The third kappa shape index (κ3) is 30.3. The van der Waals surface area contributed by atoms with Crippen molar-refractivity contribution in [2.45, 2.75) is 319 Å². The lowest BCUT2D eigenvalue weighted by molar-refractivity contribution is -0.359. The first-order valence-electron chi connectivity index (χ1n) is 29.6. The molecule has 14 nitrogen and oxygen atoms in total. The van der Waals surface area contributed by atoms with Crippen molar-refractivity contribution in [3.05, 3.63) is 24.3 Å². The van der Waals surface area contributed by atoms with E-state index in [4.69, 9.17) is 18.9 Å². The molecule has 12 atom stereocenters. The quantitative estimate of drug-likeness (QED) is 0.0205. The monoisotopic (exact) mass is 1030 g/mol. The molecule has 424 valence electrons. The van der Waals surface area contributed by atoms with E-state index in [0.717, 1.165) is 32.1 Å². The highest BCUT2D eigenvalue weighted by Crippen LogP contribution is 2.30. The fourth-order valence-corrected chi connectivity index (χ4v) is 9.84. The van der Waals surface area contributed by atoms with Gasteiger partial charge in [-0.15, -0.1) is 0 Å². The molecule has 0 bridgehead atoms. The summed E-state index contributed by atoms with van der Waals surface area (Å²) < 4.78 is 22.7. The van der Waals surface area contributed by atoms with Crippen LogP contribution >= 0.6 is 0 Å². The number of ether oxygens (including phenoxy) is 4. The molecule has 14 heteroatoms. The van der Waals surface area contributed by atoms with Gasteiger partial charge in [0.15, 0.2) is 12.6 Å². The van der Waals surface area contributed by atoms with Crippen LogP contribution < -0.4 is 5.32 Å². The molecule has 0 spiro atoms. The number of aliphatic hydroxyl groups is 8. The van der Waals surface area contributed by atoms with E-state index >= 15 is 0 Å². The Balaban J connectivity index is 1.71. The Morgan fingerprint density at radius 2 is 0.889 bits per heavy atom. The molecule has 0 aromatic heterocycles. The summed E-state index contributed by atoms with van der Waals surface area (Å²) >= 11 is 0. The first kappa shape index (κ1) is 66.6. The van der Waals surface area contributed by atoms with Crippen LogP contribution in [0.15, 0.2) is 24.3 Å². The Morgan fingerprint density at radius 1 is 0.486 bits per heavy atom. The maximum absolute atomic E-state index is 13.1. The van der Waals surface area contributed by atoms with Crippen molar-refractivity contribution in [3.8, 4) is 0 Å². The van der Waals surface area contributed by atoms with E-state index in [9.17, 15) is 45.6 Å². The second-order valence-electron chi connectivity index (χ2n) is 21.1. The summed E-state index contributed by atoms with van der Waals surface area (Å²) in [5, 5.41) is 86.8. The molecule has 2 heterocycles. The molecule has 0 aromatic rings. The second-order valence-corrected chi connectivity index (χ2v) is 21.1. The highest BCUT2D eigenvalue weighted by atomic mass is 16.7. The normalized spacial score (nSPS) is 25.7. The molecular weight excluding hydrogens is 919 g/mol. The molecule has 0 aromatic carbocycles. The van der Waals surface area contributed by atoms with Crippen LogP contribution in [0, 0.1) is 0 Å². The predicted octanol–water partition coefficient (Wildman–Crippen LogP) is 9.67. The largest absolute Gasteiger partial charge is 0.394 e. The molecule has 72 heavy (non-hydrogen) atoms.